The third-order valence-corrected chi connectivity index (χ3v) is 13.1. The summed E-state index contributed by atoms with van der Waals surface area (Å²) in [7, 11) is 0. The Hall–Kier alpha value is -2.16. The maximum absolute atomic E-state index is 12.9. The summed E-state index contributed by atoms with van der Waals surface area (Å²) < 4.78 is 6.09. The molecule has 0 aromatic heterocycles. The normalized spacial score (nSPS) is 12.3. The van der Waals surface area contributed by atoms with E-state index in [1.54, 1.807) is 0 Å². The minimum Gasteiger partial charge on any atom is -0.480 e. The summed E-state index contributed by atoms with van der Waals surface area (Å²) in [5.41, 5.74) is 0. The van der Waals surface area contributed by atoms with Gasteiger partial charge < -0.3 is 25.6 Å². The fourth-order valence-electron chi connectivity index (χ4n) is 8.84. The van der Waals surface area contributed by atoms with Gasteiger partial charge in [-0.05, 0) is 38.5 Å². The van der Waals surface area contributed by atoms with Crippen LogP contribution in [0.5, 0.6) is 0 Å². The monoisotopic (exact) mass is 907 g/mol. The van der Waals surface area contributed by atoms with Crippen LogP contribution < -0.4 is 10.6 Å². The molecule has 2 amide bonds. The Morgan fingerprint density at radius 1 is 0.406 bits per heavy atom. The third-order valence-electron chi connectivity index (χ3n) is 13.1. The molecule has 0 aromatic rings. The van der Waals surface area contributed by atoms with Gasteiger partial charge in [0.1, 0.15) is 12.1 Å². The lowest BCUT2D eigenvalue weighted by atomic mass is 10.0. The molecule has 2 atom stereocenters. The van der Waals surface area contributed by atoms with E-state index in [0.29, 0.717) is 19.3 Å². The summed E-state index contributed by atoms with van der Waals surface area (Å²) in [6.07, 6.45) is 55.8. The van der Waals surface area contributed by atoms with Gasteiger partial charge in [-0.1, -0.05) is 251 Å². The largest absolute Gasteiger partial charge is 0.480 e. The first-order chi connectivity index (χ1) is 31.3. The predicted octanol–water partition coefficient (Wildman–Crippen LogP) is 15.2. The maximum Gasteiger partial charge on any atom is 0.328 e. The molecule has 0 aromatic carbocycles. The van der Waals surface area contributed by atoms with Crippen molar-refractivity contribution in [2.24, 2.45) is 0 Å². The van der Waals surface area contributed by atoms with Crippen molar-refractivity contribution < 1.29 is 34.1 Å². The van der Waals surface area contributed by atoms with Crippen LogP contribution in [0.15, 0.2) is 0 Å². The SMILES string of the molecule is CCCCCCCCCCCCCCCCCCCCCCCCC(=O)OC(CCCCCCCCCCCCCCCC)CCCCCCCC(=O)NCC(=O)NC(CO)C(=O)O. The van der Waals surface area contributed by atoms with E-state index in [0.717, 1.165) is 57.8 Å². The molecular weight excluding hydrogens is 801 g/mol. The standard InChI is InChI=1S/C55H106N2O7/c1-3-5-7-9-11-13-15-17-19-20-21-22-23-24-25-26-28-30-32-34-39-43-47-54(61)64-50(44-40-36-33-31-29-27-18-16-14-12-10-8-6-4-2)45-41-37-35-38-42-46-52(59)56-48-53(60)57-51(49-58)55(62)63/h50-51,58H,3-49H2,1-2H3,(H,56,59)(H,57,60)(H,62,63). The summed E-state index contributed by atoms with van der Waals surface area (Å²) in [5.74, 6) is -2.26. The number of hydrogen-bond donors (Lipinski definition) is 4. The van der Waals surface area contributed by atoms with Gasteiger partial charge in [-0.15, -0.1) is 0 Å². The number of carbonyl (C=O) groups excluding carboxylic acids is 3. The first kappa shape index (κ1) is 61.8. The van der Waals surface area contributed by atoms with Crippen molar-refractivity contribution in [1.29, 1.82) is 0 Å². The van der Waals surface area contributed by atoms with E-state index >= 15 is 0 Å². The van der Waals surface area contributed by atoms with Crippen molar-refractivity contribution in [2.45, 2.75) is 315 Å². The van der Waals surface area contributed by atoms with Crippen LogP contribution >= 0.6 is 0 Å². The lowest BCUT2D eigenvalue weighted by Gasteiger charge is -2.18. The van der Waals surface area contributed by atoms with Crippen molar-refractivity contribution in [3.05, 3.63) is 0 Å². The molecule has 0 aliphatic rings. The van der Waals surface area contributed by atoms with Gasteiger partial charge in [-0.25, -0.2) is 4.79 Å². The molecule has 9 nitrogen and oxygen atoms in total. The molecule has 0 heterocycles. The van der Waals surface area contributed by atoms with Crippen LogP contribution in [0.25, 0.3) is 0 Å². The number of unbranched alkanes of at least 4 members (excludes halogenated alkanes) is 38. The van der Waals surface area contributed by atoms with Crippen molar-refractivity contribution in [3.63, 3.8) is 0 Å². The number of carboxylic acid groups (broad SMARTS) is 1. The van der Waals surface area contributed by atoms with Crippen molar-refractivity contribution >= 4 is 23.8 Å². The fourth-order valence-corrected chi connectivity index (χ4v) is 8.84. The van der Waals surface area contributed by atoms with Gasteiger partial charge in [0.15, 0.2) is 0 Å². The first-order valence-electron chi connectivity index (χ1n) is 27.9. The molecule has 0 saturated heterocycles. The molecule has 0 radical (unpaired) electrons. The average molecular weight is 907 g/mol. The number of carboxylic acids is 1. The molecule has 9 heteroatoms. The number of nitrogens with one attached hydrogen (secondary N) is 2. The maximum atomic E-state index is 12.9. The van der Waals surface area contributed by atoms with E-state index < -0.39 is 24.5 Å². The fraction of sp³-hybridized carbons (Fsp3) is 0.927. The highest BCUT2D eigenvalue weighted by atomic mass is 16.5. The predicted molar refractivity (Wildman–Crippen MR) is 269 cm³/mol. The van der Waals surface area contributed by atoms with Crippen LogP contribution in [0, 0.1) is 0 Å². The molecule has 4 N–H and O–H groups in total. The zero-order valence-corrected chi connectivity index (χ0v) is 42.3. The Kier molecular flexibility index (Phi) is 48.6. The van der Waals surface area contributed by atoms with Crippen LogP contribution in [0.2, 0.25) is 0 Å². The number of rotatable bonds is 52. The highest BCUT2D eigenvalue weighted by Crippen LogP contribution is 2.20. The quantitative estimate of drug-likeness (QED) is 0.0352. The molecule has 378 valence electrons. The number of aliphatic carboxylic acids is 1. The second-order valence-electron chi connectivity index (χ2n) is 19.4. The lowest BCUT2D eigenvalue weighted by molar-refractivity contribution is -0.150. The van der Waals surface area contributed by atoms with E-state index in [-0.39, 0.29) is 24.5 Å². The minimum atomic E-state index is -1.38. The van der Waals surface area contributed by atoms with Crippen molar-refractivity contribution in [1.82, 2.24) is 10.6 Å². The van der Waals surface area contributed by atoms with Crippen molar-refractivity contribution in [3.8, 4) is 0 Å². The molecule has 64 heavy (non-hydrogen) atoms. The smallest absolute Gasteiger partial charge is 0.328 e. The second-order valence-corrected chi connectivity index (χ2v) is 19.4. The number of esters is 1. The number of carbonyl (C=O) groups is 4. The van der Waals surface area contributed by atoms with E-state index in [2.05, 4.69) is 24.5 Å². The number of aliphatic hydroxyl groups excluding tert-OH is 1. The van der Waals surface area contributed by atoms with Gasteiger partial charge in [0.25, 0.3) is 0 Å². The molecule has 2 unspecified atom stereocenters. The Morgan fingerprint density at radius 3 is 1.02 bits per heavy atom. The summed E-state index contributed by atoms with van der Waals surface area (Å²) in [6.45, 7) is 3.54. The highest BCUT2D eigenvalue weighted by Gasteiger charge is 2.19. The molecule has 0 saturated carbocycles. The van der Waals surface area contributed by atoms with E-state index in [4.69, 9.17) is 14.9 Å². The topological polar surface area (TPSA) is 142 Å². The molecule has 0 bridgehead atoms. The van der Waals surface area contributed by atoms with Gasteiger partial charge in [-0.3, -0.25) is 14.4 Å². The number of aliphatic hydroxyl groups is 1. The molecular formula is C55H106N2O7. The lowest BCUT2D eigenvalue weighted by Crippen LogP contribution is -2.47. The Labute approximate surface area is 395 Å². The van der Waals surface area contributed by atoms with Crippen LogP contribution in [-0.2, 0) is 23.9 Å². The molecule has 0 rings (SSSR count). The zero-order chi connectivity index (χ0) is 46.8. The second kappa shape index (κ2) is 50.3. The van der Waals surface area contributed by atoms with Gasteiger partial charge in [0.2, 0.25) is 11.8 Å². The summed E-state index contributed by atoms with van der Waals surface area (Å²) >= 11 is 0. The van der Waals surface area contributed by atoms with Gasteiger partial charge in [0.05, 0.1) is 13.2 Å². The molecule has 0 spiro atoms. The van der Waals surface area contributed by atoms with E-state index in [9.17, 15) is 19.2 Å². The van der Waals surface area contributed by atoms with Gasteiger partial charge >= 0.3 is 11.9 Å². The average Bonchev–Trinajstić information content (AvgIpc) is 3.28. The molecule has 0 aliphatic heterocycles. The third kappa shape index (κ3) is 46.4. The minimum absolute atomic E-state index is 0.00646. The number of amides is 2. The van der Waals surface area contributed by atoms with Crippen LogP contribution in [0.1, 0.15) is 303 Å². The van der Waals surface area contributed by atoms with Crippen LogP contribution in [-0.4, -0.2) is 59.3 Å². The molecule has 0 fully saturated rings. The first-order valence-corrected chi connectivity index (χ1v) is 27.9. The Bertz CT molecular complexity index is 1040. The number of hydrogen-bond acceptors (Lipinski definition) is 6. The van der Waals surface area contributed by atoms with Crippen molar-refractivity contribution in [2.75, 3.05) is 13.2 Å². The van der Waals surface area contributed by atoms with E-state index in [1.807, 2.05) is 0 Å². The van der Waals surface area contributed by atoms with E-state index in [1.165, 1.54) is 212 Å². The van der Waals surface area contributed by atoms with Crippen LogP contribution in [0.3, 0.4) is 0 Å². The summed E-state index contributed by atoms with van der Waals surface area (Å²) in [5, 5.41) is 22.7. The summed E-state index contributed by atoms with van der Waals surface area (Å²) in [4.78, 5) is 47.9. The summed E-state index contributed by atoms with van der Waals surface area (Å²) in [6, 6.07) is -1.38. The highest BCUT2D eigenvalue weighted by molar-refractivity contribution is 5.87. The van der Waals surface area contributed by atoms with Gasteiger partial charge in [-0.2, -0.15) is 0 Å². The number of ether oxygens (including phenoxy) is 1. The zero-order valence-electron chi connectivity index (χ0n) is 42.3. The Morgan fingerprint density at radius 2 is 0.703 bits per heavy atom. The molecule has 0 aliphatic carbocycles. The Balaban J connectivity index is 4.17. The van der Waals surface area contributed by atoms with Gasteiger partial charge in [0, 0.05) is 12.8 Å². The van der Waals surface area contributed by atoms with Crippen LogP contribution in [0.4, 0.5) is 0 Å².